The summed E-state index contributed by atoms with van der Waals surface area (Å²) in [5, 5.41) is 9.02. The van der Waals surface area contributed by atoms with Crippen LogP contribution in [0.4, 0.5) is 0 Å². The number of carbonyl (C=O) groups excluding carboxylic acids is 1. The third kappa shape index (κ3) is 3.30. The van der Waals surface area contributed by atoms with E-state index in [0.717, 1.165) is 17.7 Å². The van der Waals surface area contributed by atoms with Crippen molar-refractivity contribution < 1.29 is 14.7 Å². The average molecular weight is 262 g/mol. The Kier molecular flexibility index (Phi) is 4.14. The zero-order valence-electron chi connectivity index (χ0n) is 11.0. The first-order valence-corrected chi connectivity index (χ1v) is 6.49. The second-order valence-electron chi connectivity index (χ2n) is 4.96. The van der Waals surface area contributed by atoms with Gasteiger partial charge in [0, 0.05) is 19.3 Å². The summed E-state index contributed by atoms with van der Waals surface area (Å²) in [6.07, 6.45) is 3.33. The fraction of sp³-hybridized carbons (Fsp3) is 0.500. The molecule has 5 heteroatoms. The highest BCUT2D eigenvalue weighted by molar-refractivity contribution is 5.80. The quantitative estimate of drug-likeness (QED) is 0.890. The Bertz CT molecular complexity index is 487. The molecule has 1 saturated heterocycles. The first kappa shape index (κ1) is 13.5. The Morgan fingerprint density at radius 2 is 2.32 bits per heavy atom. The van der Waals surface area contributed by atoms with Crippen LogP contribution in [0.2, 0.25) is 0 Å². The van der Waals surface area contributed by atoms with Crippen LogP contribution in [0.3, 0.4) is 0 Å². The van der Waals surface area contributed by atoms with Crippen LogP contribution in [0.15, 0.2) is 18.3 Å². The van der Waals surface area contributed by atoms with Crippen LogP contribution < -0.4 is 0 Å². The first-order chi connectivity index (χ1) is 9.08. The molecule has 2 rings (SSSR count). The van der Waals surface area contributed by atoms with Gasteiger partial charge in [-0.25, -0.2) is 0 Å². The molecule has 2 heterocycles. The maximum absolute atomic E-state index is 12.2. The maximum atomic E-state index is 12.2. The minimum atomic E-state index is -0.813. The van der Waals surface area contributed by atoms with Crippen molar-refractivity contribution in [2.75, 3.05) is 13.1 Å². The van der Waals surface area contributed by atoms with E-state index in [-0.39, 0.29) is 12.3 Å². The summed E-state index contributed by atoms with van der Waals surface area (Å²) in [6, 6.07) is 3.76. The van der Waals surface area contributed by atoms with Crippen LogP contribution in [0.1, 0.15) is 24.1 Å². The van der Waals surface area contributed by atoms with E-state index in [9.17, 15) is 9.59 Å². The molecular weight excluding hydrogens is 244 g/mol. The Balaban J connectivity index is 2.00. The number of aromatic nitrogens is 1. The zero-order valence-corrected chi connectivity index (χ0v) is 11.0. The molecule has 1 fully saturated rings. The van der Waals surface area contributed by atoms with Crippen molar-refractivity contribution in [3.05, 3.63) is 29.6 Å². The summed E-state index contributed by atoms with van der Waals surface area (Å²) < 4.78 is 0. The number of hydrogen-bond donors (Lipinski definition) is 1. The number of likely N-dealkylation sites (tertiary alicyclic amines) is 1. The third-order valence-corrected chi connectivity index (χ3v) is 3.56. The van der Waals surface area contributed by atoms with Crippen molar-refractivity contribution in [2.45, 2.75) is 26.2 Å². The van der Waals surface area contributed by atoms with Crippen LogP contribution in [0.5, 0.6) is 0 Å². The largest absolute Gasteiger partial charge is 0.481 e. The Hall–Kier alpha value is -1.91. The van der Waals surface area contributed by atoms with Crippen LogP contribution in [-0.2, 0) is 16.0 Å². The van der Waals surface area contributed by atoms with Gasteiger partial charge < -0.3 is 10.0 Å². The molecule has 1 atom stereocenters. The predicted molar refractivity (Wildman–Crippen MR) is 69.6 cm³/mol. The zero-order chi connectivity index (χ0) is 13.8. The van der Waals surface area contributed by atoms with Gasteiger partial charge in [0.15, 0.2) is 0 Å². The summed E-state index contributed by atoms with van der Waals surface area (Å²) in [5.41, 5.74) is 1.76. The molecule has 0 saturated carbocycles. The van der Waals surface area contributed by atoms with Crippen molar-refractivity contribution in [1.29, 1.82) is 0 Å². The molecule has 1 N–H and O–H groups in total. The van der Waals surface area contributed by atoms with Gasteiger partial charge in [-0.1, -0.05) is 6.07 Å². The van der Waals surface area contributed by atoms with E-state index >= 15 is 0 Å². The number of carboxylic acids is 1. The number of pyridine rings is 1. The molecule has 5 nitrogen and oxygen atoms in total. The van der Waals surface area contributed by atoms with Gasteiger partial charge in [-0.15, -0.1) is 0 Å². The number of carboxylic acid groups (broad SMARTS) is 1. The van der Waals surface area contributed by atoms with Crippen molar-refractivity contribution in [3.8, 4) is 0 Å². The second-order valence-corrected chi connectivity index (χ2v) is 4.96. The van der Waals surface area contributed by atoms with Crippen molar-refractivity contribution >= 4 is 11.9 Å². The summed E-state index contributed by atoms with van der Waals surface area (Å²) in [6.45, 7) is 2.89. The highest BCUT2D eigenvalue weighted by atomic mass is 16.4. The summed E-state index contributed by atoms with van der Waals surface area (Å²) >= 11 is 0. The van der Waals surface area contributed by atoms with E-state index < -0.39 is 11.9 Å². The first-order valence-electron chi connectivity index (χ1n) is 6.49. The average Bonchev–Trinajstić information content (AvgIpc) is 2.41. The molecule has 1 aromatic heterocycles. The summed E-state index contributed by atoms with van der Waals surface area (Å²) in [4.78, 5) is 29.0. The number of rotatable bonds is 3. The Labute approximate surface area is 112 Å². The Morgan fingerprint density at radius 3 is 3.00 bits per heavy atom. The molecule has 0 radical (unpaired) electrons. The monoisotopic (exact) mass is 262 g/mol. The lowest BCUT2D eigenvalue weighted by Crippen LogP contribution is -2.43. The standard InChI is InChI=1S/C14H18N2O3/c1-10-4-2-6-15-12(10)8-13(17)16-7-3-5-11(9-16)14(18)19/h2,4,6,11H,3,5,7-9H2,1H3,(H,18,19)/t11-/m1/s1. The summed E-state index contributed by atoms with van der Waals surface area (Å²) in [7, 11) is 0. The second kappa shape index (κ2) is 5.82. The van der Waals surface area contributed by atoms with Crippen LogP contribution in [0.25, 0.3) is 0 Å². The molecule has 1 amide bonds. The highest BCUT2D eigenvalue weighted by Crippen LogP contribution is 2.17. The van der Waals surface area contributed by atoms with Gasteiger partial charge in [-0.2, -0.15) is 0 Å². The fourth-order valence-corrected chi connectivity index (χ4v) is 2.36. The molecule has 0 spiro atoms. The van der Waals surface area contributed by atoms with E-state index in [1.165, 1.54) is 0 Å². The molecule has 0 aromatic carbocycles. The van der Waals surface area contributed by atoms with E-state index in [4.69, 9.17) is 5.11 Å². The molecule has 0 aliphatic carbocycles. The number of piperidine rings is 1. The number of aryl methyl sites for hydroxylation is 1. The predicted octanol–water partition coefficient (Wildman–Crippen LogP) is 1.26. The molecule has 19 heavy (non-hydrogen) atoms. The van der Waals surface area contributed by atoms with Crippen LogP contribution in [0, 0.1) is 12.8 Å². The number of carbonyl (C=O) groups is 2. The highest BCUT2D eigenvalue weighted by Gasteiger charge is 2.28. The van der Waals surface area contributed by atoms with Crippen molar-refractivity contribution in [3.63, 3.8) is 0 Å². The van der Waals surface area contributed by atoms with Crippen molar-refractivity contribution in [2.24, 2.45) is 5.92 Å². The van der Waals surface area contributed by atoms with E-state index in [1.807, 2.05) is 19.1 Å². The lowest BCUT2D eigenvalue weighted by molar-refractivity contribution is -0.145. The van der Waals surface area contributed by atoms with Crippen LogP contribution in [-0.4, -0.2) is 40.0 Å². The van der Waals surface area contributed by atoms with Gasteiger partial charge in [-0.3, -0.25) is 14.6 Å². The van der Waals surface area contributed by atoms with Crippen LogP contribution >= 0.6 is 0 Å². The van der Waals surface area contributed by atoms with Gasteiger partial charge in [0.05, 0.1) is 18.0 Å². The van der Waals surface area contributed by atoms with Gasteiger partial charge >= 0.3 is 5.97 Å². The SMILES string of the molecule is Cc1cccnc1CC(=O)N1CCC[C@@H](C(=O)O)C1. The minimum Gasteiger partial charge on any atom is -0.481 e. The third-order valence-electron chi connectivity index (χ3n) is 3.56. The molecule has 1 aliphatic heterocycles. The number of hydrogen-bond acceptors (Lipinski definition) is 3. The molecular formula is C14H18N2O3. The Morgan fingerprint density at radius 1 is 1.53 bits per heavy atom. The lowest BCUT2D eigenvalue weighted by Gasteiger charge is -2.30. The van der Waals surface area contributed by atoms with E-state index in [1.54, 1.807) is 11.1 Å². The van der Waals surface area contributed by atoms with Gasteiger partial charge in [0.1, 0.15) is 0 Å². The normalized spacial score (nSPS) is 19.2. The smallest absolute Gasteiger partial charge is 0.308 e. The topological polar surface area (TPSA) is 70.5 Å². The molecule has 0 bridgehead atoms. The van der Waals surface area contributed by atoms with Gasteiger partial charge in [0.2, 0.25) is 5.91 Å². The van der Waals surface area contributed by atoms with E-state index in [2.05, 4.69) is 4.98 Å². The lowest BCUT2D eigenvalue weighted by atomic mass is 9.98. The maximum Gasteiger partial charge on any atom is 0.308 e. The molecule has 102 valence electrons. The molecule has 1 aliphatic rings. The molecule has 1 aromatic rings. The fourth-order valence-electron chi connectivity index (χ4n) is 2.36. The van der Waals surface area contributed by atoms with Gasteiger partial charge in [-0.05, 0) is 31.4 Å². The van der Waals surface area contributed by atoms with Crippen molar-refractivity contribution in [1.82, 2.24) is 9.88 Å². The number of nitrogens with zero attached hydrogens (tertiary/aromatic N) is 2. The number of amides is 1. The van der Waals surface area contributed by atoms with E-state index in [0.29, 0.717) is 19.5 Å². The summed E-state index contributed by atoms with van der Waals surface area (Å²) in [5.74, 6) is -1.28. The number of aliphatic carboxylic acids is 1. The van der Waals surface area contributed by atoms with Gasteiger partial charge in [0.25, 0.3) is 0 Å². The molecule has 0 unspecified atom stereocenters. The minimum absolute atomic E-state index is 0.0345.